The van der Waals surface area contributed by atoms with Gasteiger partial charge < -0.3 is 15.8 Å². The largest absolute Gasteiger partial charge is 0.492 e. The second kappa shape index (κ2) is 7.14. The number of rotatable bonds is 7. The van der Waals surface area contributed by atoms with Crippen LogP contribution in [0, 0.1) is 6.92 Å². The standard InChI is InChI=1S/C15H24N2O2/c1-12-5-4-6-13(11-12)19-10-9-17-14(18)7-8-15(2,3)16/h4-6,11H,7-10,16H2,1-3H3,(H,17,18). The summed E-state index contributed by atoms with van der Waals surface area (Å²) >= 11 is 0. The van der Waals surface area contributed by atoms with Gasteiger partial charge in [0.1, 0.15) is 12.4 Å². The van der Waals surface area contributed by atoms with Crippen molar-refractivity contribution in [3.05, 3.63) is 29.8 Å². The lowest BCUT2D eigenvalue weighted by Crippen LogP contribution is -2.35. The average Bonchev–Trinajstić information content (AvgIpc) is 2.31. The van der Waals surface area contributed by atoms with Gasteiger partial charge in [-0.05, 0) is 44.9 Å². The second-order valence-corrected chi connectivity index (χ2v) is 5.50. The number of hydrogen-bond acceptors (Lipinski definition) is 3. The lowest BCUT2D eigenvalue weighted by atomic mass is 10.00. The van der Waals surface area contributed by atoms with Crippen molar-refractivity contribution in [2.45, 2.75) is 39.2 Å². The van der Waals surface area contributed by atoms with Crippen LogP contribution in [0.3, 0.4) is 0 Å². The van der Waals surface area contributed by atoms with Crippen molar-refractivity contribution >= 4 is 5.91 Å². The summed E-state index contributed by atoms with van der Waals surface area (Å²) in [5, 5.41) is 2.82. The number of ether oxygens (including phenoxy) is 1. The Morgan fingerprint density at radius 2 is 2.16 bits per heavy atom. The molecule has 0 aliphatic rings. The van der Waals surface area contributed by atoms with E-state index in [1.54, 1.807) is 0 Å². The van der Waals surface area contributed by atoms with E-state index in [1.165, 1.54) is 0 Å². The highest BCUT2D eigenvalue weighted by atomic mass is 16.5. The zero-order valence-electron chi connectivity index (χ0n) is 12.0. The Morgan fingerprint density at radius 3 is 2.79 bits per heavy atom. The van der Waals surface area contributed by atoms with Crippen molar-refractivity contribution in [1.82, 2.24) is 5.32 Å². The zero-order chi connectivity index (χ0) is 14.3. The van der Waals surface area contributed by atoms with Gasteiger partial charge in [-0.3, -0.25) is 4.79 Å². The molecule has 0 aliphatic heterocycles. The van der Waals surface area contributed by atoms with Gasteiger partial charge in [0.15, 0.2) is 0 Å². The van der Waals surface area contributed by atoms with Crippen LogP contribution < -0.4 is 15.8 Å². The number of aryl methyl sites for hydroxylation is 1. The normalized spacial score (nSPS) is 11.2. The van der Waals surface area contributed by atoms with E-state index in [0.717, 1.165) is 11.3 Å². The first-order valence-corrected chi connectivity index (χ1v) is 6.62. The van der Waals surface area contributed by atoms with Gasteiger partial charge in [-0.1, -0.05) is 12.1 Å². The number of nitrogens with one attached hydrogen (secondary N) is 1. The summed E-state index contributed by atoms with van der Waals surface area (Å²) in [6.45, 7) is 6.84. The summed E-state index contributed by atoms with van der Waals surface area (Å²) < 4.78 is 5.54. The Hall–Kier alpha value is -1.55. The summed E-state index contributed by atoms with van der Waals surface area (Å²) in [7, 11) is 0. The van der Waals surface area contributed by atoms with Crippen molar-refractivity contribution in [1.29, 1.82) is 0 Å². The van der Waals surface area contributed by atoms with E-state index in [2.05, 4.69) is 5.32 Å². The molecule has 106 valence electrons. The van der Waals surface area contributed by atoms with Gasteiger partial charge in [0.25, 0.3) is 0 Å². The molecule has 3 N–H and O–H groups in total. The highest BCUT2D eigenvalue weighted by Gasteiger charge is 2.12. The van der Waals surface area contributed by atoms with Crippen molar-refractivity contribution in [3.8, 4) is 5.75 Å². The van der Waals surface area contributed by atoms with Crippen LogP contribution in [0.5, 0.6) is 5.75 Å². The zero-order valence-corrected chi connectivity index (χ0v) is 12.0. The SMILES string of the molecule is Cc1cccc(OCCNC(=O)CCC(C)(C)N)c1. The third kappa shape index (κ3) is 7.47. The Labute approximate surface area is 115 Å². The van der Waals surface area contributed by atoms with Crippen LogP contribution >= 0.6 is 0 Å². The number of nitrogens with two attached hydrogens (primary N) is 1. The molecule has 0 bridgehead atoms. The monoisotopic (exact) mass is 264 g/mol. The molecule has 4 heteroatoms. The van der Waals surface area contributed by atoms with Crippen LogP contribution in [0.2, 0.25) is 0 Å². The second-order valence-electron chi connectivity index (χ2n) is 5.50. The molecular formula is C15H24N2O2. The minimum atomic E-state index is -0.296. The fourth-order valence-corrected chi connectivity index (χ4v) is 1.59. The highest BCUT2D eigenvalue weighted by Crippen LogP contribution is 2.11. The van der Waals surface area contributed by atoms with E-state index in [9.17, 15) is 4.79 Å². The van der Waals surface area contributed by atoms with Crippen LogP contribution in [-0.2, 0) is 4.79 Å². The molecule has 19 heavy (non-hydrogen) atoms. The van der Waals surface area contributed by atoms with Gasteiger partial charge in [0.05, 0.1) is 6.54 Å². The predicted octanol–water partition coefficient (Wildman–Crippen LogP) is 2.01. The maximum absolute atomic E-state index is 11.5. The Bertz CT molecular complexity index is 411. The lowest BCUT2D eigenvalue weighted by Gasteiger charge is -2.17. The summed E-state index contributed by atoms with van der Waals surface area (Å²) in [6.07, 6.45) is 1.13. The van der Waals surface area contributed by atoms with E-state index < -0.39 is 0 Å². The first-order valence-electron chi connectivity index (χ1n) is 6.62. The average molecular weight is 264 g/mol. The van der Waals surface area contributed by atoms with E-state index in [-0.39, 0.29) is 11.4 Å². The maximum Gasteiger partial charge on any atom is 0.220 e. The third-order valence-corrected chi connectivity index (χ3v) is 2.68. The Kier molecular flexibility index (Phi) is 5.83. The number of amides is 1. The first kappa shape index (κ1) is 15.5. The molecule has 0 spiro atoms. The molecule has 0 aromatic heterocycles. The predicted molar refractivity (Wildman–Crippen MR) is 77.2 cm³/mol. The topological polar surface area (TPSA) is 64.3 Å². The van der Waals surface area contributed by atoms with Crippen LogP contribution in [0.25, 0.3) is 0 Å². The smallest absolute Gasteiger partial charge is 0.220 e. The molecule has 0 saturated carbocycles. The molecule has 0 saturated heterocycles. The molecular weight excluding hydrogens is 240 g/mol. The molecule has 0 heterocycles. The molecule has 0 atom stereocenters. The van der Waals surface area contributed by atoms with Gasteiger partial charge in [0.2, 0.25) is 5.91 Å². The van der Waals surface area contributed by atoms with Crippen molar-refractivity contribution < 1.29 is 9.53 Å². The molecule has 0 radical (unpaired) electrons. The van der Waals surface area contributed by atoms with Crippen LogP contribution in [-0.4, -0.2) is 24.6 Å². The molecule has 1 aromatic rings. The molecule has 0 aliphatic carbocycles. The van der Waals surface area contributed by atoms with Crippen molar-refractivity contribution in [2.75, 3.05) is 13.2 Å². The van der Waals surface area contributed by atoms with Gasteiger partial charge in [-0.2, -0.15) is 0 Å². The van der Waals surface area contributed by atoms with Crippen LogP contribution in [0.4, 0.5) is 0 Å². The van der Waals surface area contributed by atoms with Gasteiger partial charge in [-0.25, -0.2) is 0 Å². The Balaban J connectivity index is 2.15. The summed E-state index contributed by atoms with van der Waals surface area (Å²) in [5.41, 5.74) is 6.69. The maximum atomic E-state index is 11.5. The highest BCUT2D eigenvalue weighted by molar-refractivity contribution is 5.75. The van der Waals surface area contributed by atoms with E-state index in [1.807, 2.05) is 45.0 Å². The van der Waals surface area contributed by atoms with E-state index in [4.69, 9.17) is 10.5 Å². The number of carbonyl (C=O) groups is 1. The summed E-state index contributed by atoms with van der Waals surface area (Å²) in [5.74, 6) is 0.851. The molecule has 0 unspecified atom stereocenters. The van der Waals surface area contributed by atoms with Crippen molar-refractivity contribution in [3.63, 3.8) is 0 Å². The summed E-state index contributed by atoms with van der Waals surface area (Å²) in [6, 6.07) is 7.85. The minimum absolute atomic E-state index is 0.0198. The molecule has 4 nitrogen and oxygen atoms in total. The minimum Gasteiger partial charge on any atom is -0.492 e. The molecule has 1 aromatic carbocycles. The molecule has 0 fully saturated rings. The summed E-state index contributed by atoms with van der Waals surface area (Å²) in [4.78, 5) is 11.5. The van der Waals surface area contributed by atoms with Gasteiger partial charge >= 0.3 is 0 Å². The Morgan fingerprint density at radius 1 is 1.42 bits per heavy atom. The van der Waals surface area contributed by atoms with Crippen LogP contribution in [0.15, 0.2) is 24.3 Å². The number of carbonyl (C=O) groups excluding carboxylic acids is 1. The van der Waals surface area contributed by atoms with Gasteiger partial charge in [-0.15, -0.1) is 0 Å². The van der Waals surface area contributed by atoms with Crippen molar-refractivity contribution in [2.24, 2.45) is 5.73 Å². The number of hydrogen-bond donors (Lipinski definition) is 2. The van der Waals surface area contributed by atoms with Crippen LogP contribution in [0.1, 0.15) is 32.3 Å². The third-order valence-electron chi connectivity index (χ3n) is 2.68. The fraction of sp³-hybridized carbons (Fsp3) is 0.533. The first-order chi connectivity index (χ1) is 8.87. The quantitative estimate of drug-likeness (QED) is 0.740. The van der Waals surface area contributed by atoms with E-state index >= 15 is 0 Å². The molecule has 1 amide bonds. The number of benzene rings is 1. The fourth-order valence-electron chi connectivity index (χ4n) is 1.59. The van der Waals surface area contributed by atoms with Gasteiger partial charge in [0, 0.05) is 12.0 Å². The van der Waals surface area contributed by atoms with E-state index in [0.29, 0.717) is 26.0 Å². The lowest BCUT2D eigenvalue weighted by molar-refractivity contribution is -0.121. The molecule has 1 rings (SSSR count).